The number of hydrogen-bond acceptors (Lipinski definition) is 3. The van der Waals surface area contributed by atoms with Crippen molar-refractivity contribution in [2.24, 2.45) is 0 Å². The molecular formula is C17H11BrF2N2O. The average Bonchev–Trinajstić information content (AvgIpc) is 2.58. The van der Waals surface area contributed by atoms with Crippen LogP contribution in [0.2, 0.25) is 0 Å². The second-order valence-corrected chi connectivity index (χ2v) is 5.65. The molecule has 0 atom stereocenters. The molecule has 0 unspecified atom stereocenters. The van der Waals surface area contributed by atoms with Gasteiger partial charge in [-0.05, 0) is 33.6 Å². The lowest BCUT2D eigenvalue weighted by Gasteiger charge is -2.10. The Morgan fingerprint density at radius 1 is 0.913 bits per heavy atom. The smallest absolute Gasteiger partial charge is 0.201 e. The lowest BCUT2D eigenvalue weighted by Crippen LogP contribution is -2.01. The lowest BCUT2D eigenvalue weighted by molar-refractivity contribution is 0.285. The van der Waals surface area contributed by atoms with Gasteiger partial charge in [-0.3, -0.25) is 0 Å². The second kappa shape index (κ2) is 6.83. The molecule has 1 heterocycles. The van der Waals surface area contributed by atoms with Gasteiger partial charge in [0, 0.05) is 12.4 Å². The molecule has 0 bridgehead atoms. The number of ether oxygens (including phenoxy) is 1. The molecule has 0 N–H and O–H groups in total. The lowest BCUT2D eigenvalue weighted by atomic mass is 10.1. The summed E-state index contributed by atoms with van der Waals surface area (Å²) >= 11 is 3.19. The van der Waals surface area contributed by atoms with E-state index < -0.39 is 11.6 Å². The summed E-state index contributed by atoms with van der Waals surface area (Å²) in [5.74, 6) is -2.12. The Kier molecular flexibility index (Phi) is 4.62. The van der Waals surface area contributed by atoms with Crippen LogP contribution in [0.1, 0.15) is 5.56 Å². The van der Waals surface area contributed by atoms with E-state index in [0.717, 1.165) is 5.56 Å². The monoisotopic (exact) mass is 376 g/mol. The maximum atomic E-state index is 14.2. The van der Waals surface area contributed by atoms with Crippen LogP contribution in [-0.4, -0.2) is 9.97 Å². The van der Waals surface area contributed by atoms with Crippen molar-refractivity contribution in [2.45, 2.75) is 6.61 Å². The molecule has 0 radical (unpaired) electrons. The van der Waals surface area contributed by atoms with Crippen LogP contribution in [0.25, 0.3) is 11.4 Å². The first-order valence-corrected chi connectivity index (χ1v) is 7.57. The fourth-order valence-corrected chi connectivity index (χ4v) is 2.21. The first-order chi connectivity index (χ1) is 11.1. The molecule has 2 aromatic carbocycles. The Morgan fingerprint density at radius 3 is 2.30 bits per heavy atom. The highest BCUT2D eigenvalue weighted by molar-refractivity contribution is 9.10. The highest BCUT2D eigenvalue weighted by Gasteiger charge is 2.17. The van der Waals surface area contributed by atoms with E-state index in [4.69, 9.17) is 4.74 Å². The van der Waals surface area contributed by atoms with Crippen LogP contribution in [0.4, 0.5) is 8.78 Å². The van der Waals surface area contributed by atoms with E-state index in [1.807, 2.05) is 30.3 Å². The summed E-state index contributed by atoms with van der Waals surface area (Å²) in [5.41, 5.74) is 0.856. The Labute approximate surface area is 140 Å². The number of rotatable bonds is 4. The van der Waals surface area contributed by atoms with E-state index in [-0.39, 0.29) is 23.7 Å². The van der Waals surface area contributed by atoms with Crippen molar-refractivity contribution < 1.29 is 13.5 Å². The SMILES string of the molecule is Fc1c(OCc2ccccc2)ccc(-c2ncc(Br)cn2)c1F. The van der Waals surface area contributed by atoms with Gasteiger partial charge in [0.25, 0.3) is 0 Å². The molecular weight excluding hydrogens is 366 g/mol. The third-order valence-corrected chi connectivity index (χ3v) is 3.55. The van der Waals surface area contributed by atoms with Gasteiger partial charge in [-0.2, -0.15) is 4.39 Å². The number of hydrogen-bond donors (Lipinski definition) is 0. The topological polar surface area (TPSA) is 35.0 Å². The molecule has 1 aromatic heterocycles. The Bertz CT molecular complexity index is 811. The van der Waals surface area contributed by atoms with Gasteiger partial charge in [-0.1, -0.05) is 30.3 Å². The molecule has 0 aliphatic heterocycles. The summed E-state index contributed by atoms with van der Waals surface area (Å²) in [5, 5.41) is 0. The molecule has 0 amide bonds. The van der Waals surface area contributed by atoms with Gasteiger partial charge < -0.3 is 4.74 Å². The Balaban J connectivity index is 1.84. The number of benzene rings is 2. The molecule has 3 nitrogen and oxygen atoms in total. The maximum absolute atomic E-state index is 14.2. The van der Waals surface area contributed by atoms with Gasteiger partial charge in [-0.15, -0.1) is 0 Å². The number of aromatic nitrogens is 2. The minimum atomic E-state index is -1.05. The summed E-state index contributed by atoms with van der Waals surface area (Å²) in [4.78, 5) is 7.94. The predicted molar refractivity (Wildman–Crippen MR) is 85.9 cm³/mol. The van der Waals surface area contributed by atoms with E-state index in [2.05, 4.69) is 25.9 Å². The van der Waals surface area contributed by atoms with Crippen molar-refractivity contribution >= 4 is 15.9 Å². The van der Waals surface area contributed by atoms with Gasteiger partial charge in [0.15, 0.2) is 17.4 Å². The minimum absolute atomic E-state index is 0.0120. The molecule has 0 spiro atoms. The molecule has 116 valence electrons. The van der Waals surface area contributed by atoms with Gasteiger partial charge >= 0.3 is 0 Å². The highest BCUT2D eigenvalue weighted by Crippen LogP contribution is 2.28. The average molecular weight is 377 g/mol. The van der Waals surface area contributed by atoms with E-state index >= 15 is 0 Å². The molecule has 3 rings (SSSR count). The summed E-state index contributed by atoms with van der Waals surface area (Å²) in [6.07, 6.45) is 2.94. The minimum Gasteiger partial charge on any atom is -0.486 e. The zero-order valence-electron chi connectivity index (χ0n) is 11.8. The van der Waals surface area contributed by atoms with Gasteiger partial charge in [0.05, 0.1) is 10.0 Å². The fourth-order valence-electron chi connectivity index (χ4n) is 2.00. The summed E-state index contributed by atoms with van der Waals surface area (Å²) in [7, 11) is 0. The fraction of sp³-hybridized carbons (Fsp3) is 0.0588. The third-order valence-electron chi connectivity index (χ3n) is 3.15. The number of halogens is 3. The van der Waals surface area contributed by atoms with E-state index in [9.17, 15) is 8.78 Å². The molecule has 0 saturated carbocycles. The highest BCUT2D eigenvalue weighted by atomic mass is 79.9. The van der Waals surface area contributed by atoms with Crippen LogP contribution < -0.4 is 4.74 Å². The van der Waals surface area contributed by atoms with Crippen LogP contribution in [-0.2, 0) is 6.61 Å². The van der Waals surface area contributed by atoms with Crippen LogP contribution in [0.3, 0.4) is 0 Å². The Hall–Kier alpha value is -2.34. The van der Waals surface area contributed by atoms with Crippen molar-refractivity contribution in [1.29, 1.82) is 0 Å². The predicted octanol–water partition coefficient (Wildman–Crippen LogP) is 4.76. The van der Waals surface area contributed by atoms with E-state index in [1.165, 1.54) is 24.5 Å². The molecule has 23 heavy (non-hydrogen) atoms. The Morgan fingerprint density at radius 2 is 1.61 bits per heavy atom. The second-order valence-electron chi connectivity index (χ2n) is 4.74. The van der Waals surface area contributed by atoms with Gasteiger partial charge in [0.1, 0.15) is 6.61 Å². The van der Waals surface area contributed by atoms with Crippen LogP contribution in [0, 0.1) is 11.6 Å². The maximum Gasteiger partial charge on any atom is 0.201 e. The molecule has 6 heteroatoms. The largest absolute Gasteiger partial charge is 0.486 e. The molecule has 3 aromatic rings. The third kappa shape index (κ3) is 3.53. The molecule has 0 saturated heterocycles. The normalized spacial score (nSPS) is 10.6. The first-order valence-electron chi connectivity index (χ1n) is 6.78. The molecule has 0 fully saturated rings. The van der Waals surface area contributed by atoms with Crippen LogP contribution in [0.15, 0.2) is 59.3 Å². The van der Waals surface area contributed by atoms with Crippen molar-refractivity contribution in [2.75, 3.05) is 0 Å². The molecule has 0 aliphatic carbocycles. The van der Waals surface area contributed by atoms with Gasteiger partial charge in [-0.25, -0.2) is 14.4 Å². The van der Waals surface area contributed by atoms with E-state index in [0.29, 0.717) is 4.47 Å². The van der Waals surface area contributed by atoms with E-state index in [1.54, 1.807) is 0 Å². The van der Waals surface area contributed by atoms with Gasteiger partial charge in [0.2, 0.25) is 5.82 Å². The zero-order chi connectivity index (χ0) is 16.2. The number of nitrogens with zero attached hydrogens (tertiary/aromatic N) is 2. The summed E-state index contributed by atoms with van der Waals surface area (Å²) < 4.78 is 34.4. The van der Waals surface area contributed by atoms with Crippen LogP contribution >= 0.6 is 15.9 Å². The molecule has 0 aliphatic rings. The van der Waals surface area contributed by atoms with Crippen molar-refractivity contribution in [3.8, 4) is 17.1 Å². The van der Waals surface area contributed by atoms with Crippen molar-refractivity contribution in [3.05, 3.63) is 76.5 Å². The summed E-state index contributed by atoms with van der Waals surface area (Å²) in [6, 6.07) is 12.0. The van der Waals surface area contributed by atoms with Crippen molar-refractivity contribution in [1.82, 2.24) is 9.97 Å². The summed E-state index contributed by atoms with van der Waals surface area (Å²) in [6.45, 7) is 0.158. The van der Waals surface area contributed by atoms with Crippen molar-refractivity contribution in [3.63, 3.8) is 0 Å². The van der Waals surface area contributed by atoms with Crippen LogP contribution in [0.5, 0.6) is 5.75 Å². The standard InChI is InChI=1S/C17H11BrF2N2O/c18-12-8-21-17(22-9-12)13-6-7-14(16(20)15(13)19)23-10-11-4-2-1-3-5-11/h1-9H,10H2. The first kappa shape index (κ1) is 15.6. The zero-order valence-corrected chi connectivity index (χ0v) is 13.4. The quantitative estimate of drug-likeness (QED) is 0.658.